The third-order valence-electron chi connectivity index (χ3n) is 10.8. The van der Waals surface area contributed by atoms with Crippen LogP contribution in [0, 0.1) is 0 Å². The number of hydrogen-bond acceptors (Lipinski definition) is 4. The zero-order valence-electron chi connectivity index (χ0n) is 34.7. The molecule has 0 spiro atoms. The molecule has 0 saturated carbocycles. The number of phosphoric ester groups is 1. The minimum atomic E-state index is -4.69. The fourth-order valence-corrected chi connectivity index (χ4v) is 7.70. The predicted molar refractivity (Wildman–Crippen MR) is 223 cm³/mol. The van der Waals surface area contributed by atoms with Crippen LogP contribution in [0.2, 0.25) is 0 Å². The van der Waals surface area contributed by atoms with E-state index in [2.05, 4.69) is 23.7 Å². The lowest BCUT2D eigenvalue weighted by molar-refractivity contribution is -0.123. The first-order valence-electron chi connectivity index (χ1n) is 23.0. The largest absolute Gasteiger partial charge is 0.469 e. The number of carbonyl (C=O) groups excluding carboxylic acids is 1. The van der Waals surface area contributed by atoms with Crippen LogP contribution in [0.3, 0.4) is 0 Å². The Morgan fingerprint density at radius 1 is 0.481 bits per heavy atom. The Morgan fingerprint density at radius 2 is 0.750 bits per heavy atom. The molecule has 0 aliphatic carbocycles. The van der Waals surface area contributed by atoms with Crippen molar-refractivity contribution in [2.75, 3.05) is 6.61 Å². The molecule has 0 unspecified atom stereocenters. The topological polar surface area (TPSA) is 116 Å². The van der Waals surface area contributed by atoms with Gasteiger partial charge < -0.3 is 20.2 Å². The van der Waals surface area contributed by atoms with E-state index in [-0.39, 0.29) is 5.91 Å². The molecule has 0 aliphatic rings. The maximum atomic E-state index is 12.6. The lowest BCUT2D eigenvalue weighted by Gasteiger charge is -2.24. The number of rotatable bonds is 43. The zero-order chi connectivity index (χ0) is 38.2. The smallest absolute Gasteiger partial charge is 0.391 e. The number of unbranched alkanes of at least 4 members (excludes halogenated alkanes) is 34. The van der Waals surface area contributed by atoms with Gasteiger partial charge in [0.1, 0.15) is 0 Å². The quantitative estimate of drug-likeness (QED) is 0.0363. The highest BCUT2D eigenvalue weighted by molar-refractivity contribution is 7.46. The summed E-state index contributed by atoms with van der Waals surface area (Å²) in [6, 6.07) is -0.818. The normalized spacial score (nSPS) is 13.1. The molecule has 0 saturated heterocycles. The van der Waals surface area contributed by atoms with Crippen molar-refractivity contribution in [1.29, 1.82) is 0 Å². The van der Waals surface area contributed by atoms with Crippen LogP contribution in [0.15, 0.2) is 0 Å². The van der Waals surface area contributed by atoms with E-state index < -0.39 is 26.6 Å². The Balaban J connectivity index is 3.79. The SMILES string of the molecule is CCCCCCCCCCCCCCCCCCCCCCCCC(=O)N[C@@H](COP(=O)(O)O)[C@H](O)CCCCCCCCCCCCCCCC. The Morgan fingerprint density at radius 3 is 1.04 bits per heavy atom. The average molecular weight is 760 g/mol. The first kappa shape index (κ1) is 51.5. The zero-order valence-corrected chi connectivity index (χ0v) is 35.6. The molecule has 8 heteroatoms. The molecule has 0 aromatic heterocycles. The molecule has 2 atom stereocenters. The fourth-order valence-electron chi connectivity index (χ4n) is 7.35. The van der Waals surface area contributed by atoms with Crippen molar-refractivity contribution < 1.29 is 28.8 Å². The average Bonchev–Trinajstić information content (AvgIpc) is 3.11. The van der Waals surface area contributed by atoms with E-state index in [1.165, 1.54) is 193 Å². The molecule has 0 aliphatic heterocycles. The maximum Gasteiger partial charge on any atom is 0.469 e. The molecule has 1 amide bonds. The highest BCUT2D eigenvalue weighted by Crippen LogP contribution is 2.36. The number of aliphatic hydroxyl groups is 1. The van der Waals surface area contributed by atoms with E-state index >= 15 is 0 Å². The van der Waals surface area contributed by atoms with Crippen molar-refractivity contribution in [1.82, 2.24) is 5.32 Å². The summed E-state index contributed by atoms with van der Waals surface area (Å²) in [6.07, 6.45) is 46.7. The number of amides is 1. The molecule has 7 nitrogen and oxygen atoms in total. The summed E-state index contributed by atoms with van der Waals surface area (Å²) in [5.41, 5.74) is 0. The first-order chi connectivity index (χ1) is 25.3. The summed E-state index contributed by atoms with van der Waals surface area (Å²) in [4.78, 5) is 31.0. The van der Waals surface area contributed by atoms with Gasteiger partial charge >= 0.3 is 7.82 Å². The Kier molecular flexibility index (Phi) is 39.9. The van der Waals surface area contributed by atoms with Gasteiger partial charge in [0.05, 0.1) is 18.8 Å². The lowest BCUT2D eigenvalue weighted by atomic mass is 10.0. The molecule has 0 aromatic carbocycles. The van der Waals surface area contributed by atoms with E-state index in [0.29, 0.717) is 12.8 Å². The Hall–Kier alpha value is -0.460. The van der Waals surface area contributed by atoms with Gasteiger partial charge in [-0.3, -0.25) is 9.32 Å². The van der Waals surface area contributed by atoms with E-state index in [1.54, 1.807) is 0 Å². The van der Waals surface area contributed by atoms with Gasteiger partial charge in [-0.15, -0.1) is 0 Å². The van der Waals surface area contributed by atoms with Gasteiger partial charge in [0, 0.05) is 6.42 Å². The fraction of sp³-hybridized carbons (Fsp3) is 0.977. The third-order valence-corrected chi connectivity index (χ3v) is 11.3. The molecule has 312 valence electrons. The molecule has 0 heterocycles. The standard InChI is InChI=1S/C44H90NO6P/c1-3-5-7-9-11-13-15-17-19-20-21-22-23-24-25-26-28-30-32-34-36-38-40-44(47)45-42(41-51-52(48,49)50)43(46)39-37-35-33-31-29-27-18-16-14-12-10-8-6-4-2/h42-43,46H,3-41H2,1-2H3,(H,45,47)(H2,48,49,50)/t42-,43+/m0/s1. The summed E-state index contributed by atoms with van der Waals surface area (Å²) in [5, 5.41) is 13.5. The lowest BCUT2D eigenvalue weighted by Crippen LogP contribution is -2.46. The van der Waals surface area contributed by atoms with Crippen LogP contribution in [-0.2, 0) is 13.9 Å². The minimum absolute atomic E-state index is 0.188. The van der Waals surface area contributed by atoms with Crippen molar-refractivity contribution in [3.8, 4) is 0 Å². The molecule has 52 heavy (non-hydrogen) atoms. The van der Waals surface area contributed by atoms with Crippen molar-refractivity contribution in [3.63, 3.8) is 0 Å². The van der Waals surface area contributed by atoms with Crippen molar-refractivity contribution in [2.45, 2.75) is 270 Å². The number of phosphoric acid groups is 1. The molecular formula is C44H90NO6P. The molecule has 4 N–H and O–H groups in total. The molecule has 0 bridgehead atoms. The minimum Gasteiger partial charge on any atom is -0.391 e. The summed E-state index contributed by atoms with van der Waals surface area (Å²) in [6.45, 7) is 4.15. The molecular weight excluding hydrogens is 669 g/mol. The van der Waals surface area contributed by atoms with Gasteiger partial charge in [-0.2, -0.15) is 0 Å². The predicted octanol–water partition coefficient (Wildman–Crippen LogP) is 13.8. The van der Waals surface area contributed by atoms with Crippen LogP contribution in [-0.4, -0.2) is 39.6 Å². The van der Waals surface area contributed by atoms with Crippen LogP contribution in [0.25, 0.3) is 0 Å². The van der Waals surface area contributed by atoms with Crippen LogP contribution in [0.4, 0.5) is 0 Å². The second kappa shape index (κ2) is 40.2. The van der Waals surface area contributed by atoms with E-state index in [0.717, 1.165) is 38.5 Å². The van der Waals surface area contributed by atoms with Crippen molar-refractivity contribution >= 4 is 13.7 Å². The van der Waals surface area contributed by atoms with E-state index in [9.17, 15) is 24.3 Å². The van der Waals surface area contributed by atoms with Crippen molar-refractivity contribution in [3.05, 3.63) is 0 Å². The number of aliphatic hydroxyl groups excluding tert-OH is 1. The van der Waals surface area contributed by atoms with Crippen molar-refractivity contribution in [2.24, 2.45) is 0 Å². The molecule has 0 rings (SSSR count). The second-order valence-electron chi connectivity index (χ2n) is 16.1. The first-order valence-corrected chi connectivity index (χ1v) is 24.5. The van der Waals surface area contributed by atoms with Crippen LogP contribution in [0.5, 0.6) is 0 Å². The van der Waals surface area contributed by atoms with E-state index in [1.807, 2.05) is 0 Å². The Labute approximate surface area is 323 Å². The molecule has 0 fully saturated rings. The van der Waals surface area contributed by atoms with Crippen LogP contribution in [0.1, 0.15) is 258 Å². The highest BCUT2D eigenvalue weighted by atomic mass is 31.2. The number of nitrogens with one attached hydrogen (secondary N) is 1. The summed E-state index contributed by atoms with van der Waals surface area (Å²) in [5.74, 6) is -0.188. The van der Waals surface area contributed by atoms with Gasteiger partial charge in [-0.25, -0.2) is 4.57 Å². The maximum absolute atomic E-state index is 12.6. The third kappa shape index (κ3) is 40.7. The van der Waals surface area contributed by atoms with Crippen LogP contribution >= 0.6 is 7.82 Å². The molecule has 0 radical (unpaired) electrons. The van der Waals surface area contributed by atoms with Gasteiger partial charge in [0.2, 0.25) is 5.91 Å². The Bertz CT molecular complexity index is 778. The van der Waals surface area contributed by atoms with E-state index in [4.69, 9.17) is 0 Å². The second-order valence-corrected chi connectivity index (χ2v) is 17.3. The van der Waals surface area contributed by atoms with Gasteiger partial charge in [0.25, 0.3) is 0 Å². The van der Waals surface area contributed by atoms with Gasteiger partial charge in [0.15, 0.2) is 0 Å². The van der Waals surface area contributed by atoms with Crippen LogP contribution < -0.4 is 5.32 Å². The van der Waals surface area contributed by atoms with Gasteiger partial charge in [-0.05, 0) is 12.8 Å². The number of hydrogen-bond donors (Lipinski definition) is 4. The van der Waals surface area contributed by atoms with Gasteiger partial charge in [-0.1, -0.05) is 239 Å². The summed E-state index contributed by atoms with van der Waals surface area (Å²) < 4.78 is 16.0. The summed E-state index contributed by atoms with van der Waals surface area (Å²) >= 11 is 0. The monoisotopic (exact) mass is 760 g/mol. The highest BCUT2D eigenvalue weighted by Gasteiger charge is 2.25. The summed E-state index contributed by atoms with van der Waals surface area (Å²) in [7, 11) is -4.69. The molecule has 0 aromatic rings. The number of carbonyl (C=O) groups is 1.